The Hall–Kier alpha value is -0.120. The van der Waals surface area contributed by atoms with Crippen LogP contribution in [0, 0.1) is 5.92 Å². The Labute approximate surface area is 81.2 Å². The number of rotatable bonds is 5. The highest BCUT2D eigenvalue weighted by Crippen LogP contribution is 2.12. The van der Waals surface area contributed by atoms with E-state index in [1.54, 1.807) is 0 Å². The molecule has 0 aromatic heterocycles. The Bertz CT molecular complexity index is 139. The molecule has 78 valence electrons. The second kappa shape index (κ2) is 5.58. The van der Waals surface area contributed by atoms with E-state index in [-0.39, 0.29) is 0 Å². The molecule has 0 amide bonds. The van der Waals surface area contributed by atoms with Gasteiger partial charge in [0.2, 0.25) is 0 Å². The summed E-state index contributed by atoms with van der Waals surface area (Å²) in [5.41, 5.74) is 0. The minimum Gasteiger partial charge on any atom is -0.379 e. The molecule has 2 N–H and O–H groups in total. The van der Waals surface area contributed by atoms with E-state index in [0.29, 0.717) is 18.0 Å². The largest absolute Gasteiger partial charge is 0.379 e. The summed E-state index contributed by atoms with van der Waals surface area (Å²) in [6, 6.07) is 1.12. The van der Waals surface area contributed by atoms with E-state index in [4.69, 9.17) is 4.74 Å². The molecule has 1 heterocycles. The van der Waals surface area contributed by atoms with Gasteiger partial charge in [0.15, 0.2) is 0 Å². The number of ether oxygens (including phenoxy) is 1. The lowest BCUT2D eigenvalue weighted by atomic mass is 10.0. The van der Waals surface area contributed by atoms with Crippen molar-refractivity contribution in [2.24, 2.45) is 5.92 Å². The van der Waals surface area contributed by atoms with Crippen LogP contribution in [0.1, 0.15) is 20.8 Å². The molecule has 1 saturated heterocycles. The van der Waals surface area contributed by atoms with Gasteiger partial charge in [-0.2, -0.15) is 0 Å². The zero-order valence-corrected chi connectivity index (χ0v) is 8.97. The van der Waals surface area contributed by atoms with Crippen LogP contribution in [0.5, 0.6) is 0 Å². The summed E-state index contributed by atoms with van der Waals surface area (Å²) in [6.45, 7) is 10.4. The van der Waals surface area contributed by atoms with Crippen LogP contribution in [0.25, 0.3) is 0 Å². The maximum atomic E-state index is 5.45. The van der Waals surface area contributed by atoms with Gasteiger partial charge in [0.1, 0.15) is 0 Å². The molecule has 0 saturated carbocycles. The van der Waals surface area contributed by atoms with Crippen molar-refractivity contribution >= 4 is 0 Å². The molecule has 2 unspecified atom stereocenters. The van der Waals surface area contributed by atoms with Gasteiger partial charge in [0.25, 0.3) is 0 Å². The molecule has 3 heteroatoms. The summed E-state index contributed by atoms with van der Waals surface area (Å²) in [5.74, 6) is 0.641. The smallest absolute Gasteiger partial charge is 0.0623 e. The molecule has 1 aliphatic heterocycles. The van der Waals surface area contributed by atoms with Crippen LogP contribution >= 0.6 is 0 Å². The maximum absolute atomic E-state index is 5.45. The molecule has 1 fully saturated rings. The third-order valence-electron chi connectivity index (χ3n) is 2.45. The van der Waals surface area contributed by atoms with Gasteiger partial charge in [0.05, 0.1) is 13.2 Å². The Kier molecular flexibility index (Phi) is 4.70. The van der Waals surface area contributed by atoms with E-state index >= 15 is 0 Å². The van der Waals surface area contributed by atoms with Gasteiger partial charge in [-0.25, -0.2) is 0 Å². The molecule has 3 nitrogen and oxygen atoms in total. The van der Waals surface area contributed by atoms with Gasteiger partial charge in [0, 0.05) is 24.5 Å². The summed E-state index contributed by atoms with van der Waals surface area (Å²) >= 11 is 0. The van der Waals surface area contributed by atoms with Crippen molar-refractivity contribution in [3.63, 3.8) is 0 Å². The lowest BCUT2D eigenvalue weighted by Gasteiger charge is -2.19. The molecule has 0 aromatic rings. The summed E-state index contributed by atoms with van der Waals surface area (Å²) in [6.07, 6.45) is 0. The molecular formula is C10H22N2O. The Morgan fingerprint density at radius 2 is 2.15 bits per heavy atom. The summed E-state index contributed by atoms with van der Waals surface area (Å²) < 4.78 is 5.45. The lowest BCUT2D eigenvalue weighted by molar-refractivity contribution is 0.182. The predicted octanol–water partition coefficient (Wildman–Crippen LogP) is 0.609. The van der Waals surface area contributed by atoms with Crippen molar-refractivity contribution in [1.82, 2.24) is 10.6 Å². The van der Waals surface area contributed by atoms with Crippen molar-refractivity contribution < 1.29 is 4.74 Å². The van der Waals surface area contributed by atoms with Gasteiger partial charge in [-0.15, -0.1) is 0 Å². The molecule has 0 radical (unpaired) electrons. The van der Waals surface area contributed by atoms with Crippen LogP contribution in [0.4, 0.5) is 0 Å². The van der Waals surface area contributed by atoms with Crippen molar-refractivity contribution in [2.75, 3.05) is 26.3 Å². The quantitative estimate of drug-likeness (QED) is 0.660. The highest BCUT2D eigenvalue weighted by Gasteiger charge is 2.26. The van der Waals surface area contributed by atoms with E-state index in [2.05, 4.69) is 31.4 Å². The van der Waals surface area contributed by atoms with Gasteiger partial charge in [-0.1, -0.05) is 20.8 Å². The molecule has 2 atom stereocenters. The first-order valence-electron chi connectivity index (χ1n) is 5.28. The fourth-order valence-electron chi connectivity index (χ4n) is 1.67. The summed E-state index contributed by atoms with van der Waals surface area (Å²) in [7, 11) is 0. The topological polar surface area (TPSA) is 33.3 Å². The molecular weight excluding hydrogens is 164 g/mol. The van der Waals surface area contributed by atoms with E-state index in [1.165, 1.54) is 0 Å². The fourth-order valence-corrected chi connectivity index (χ4v) is 1.67. The lowest BCUT2D eigenvalue weighted by Crippen LogP contribution is -2.41. The van der Waals surface area contributed by atoms with Crippen LogP contribution < -0.4 is 10.6 Å². The Morgan fingerprint density at radius 3 is 2.77 bits per heavy atom. The van der Waals surface area contributed by atoms with Crippen LogP contribution in [0.15, 0.2) is 0 Å². The summed E-state index contributed by atoms with van der Waals surface area (Å²) in [5, 5.41) is 6.91. The average Bonchev–Trinajstić information content (AvgIpc) is 2.49. The molecule has 0 aromatic carbocycles. The fraction of sp³-hybridized carbons (Fsp3) is 1.00. The summed E-state index contributed by atoms with van der Waals surface area (Å²) in [4.78, 5) is 0. The molecule has 0 spiro atoms. The monoisotopic (exact) mass is 186 g/mol. The second-order valence-corrected chi connectivity index (χ2v) is 4.02. The van der Waals surface area contributed by atoms with Gasteiger partial charge >= 0.3 is 0 Å². The SMILES string of the molecule is CCNC1COCC1CNC(C)C. The standard InChI is InChI=1S/C10H22N2O/c1-4-11-10-7-13-6-9(10)5-12-8(2)3/h8-12H,4-7H2,1-3H3. The third-order valence-corrected chi connectivity index (χ3v) is 2.45. The van der Waals surface area contributed by atoms with Crippen LogP contribution in [-0.2, 0) is 4.74 Å². The number of likely N-dealkylation sites (N-methyl/N-ethyl adjacent to an activating group) is 1. The number of nitrogens with one attached hydrogen (secondary N) is 2. The highest BCUT2D eigenvalue weighted by atomic mass is 16.5. The van der Waals surface area contributed by atoms with Gasteiger partial charge < -0.3 is 15.4 Å². The highest BCUT2D eigenvalue weighted by molar-refractivity contribution is 4.82. The molecule has 0 aliphatic carbocycles. The molecule has 13 heavy (non-hydrogen) atoms. The zero-order valence-electron chi connectivity index (χ0n) is 8.97. The van der Waals surface area contributed by atoms with Crippen LogP contribution in [0.2, 0.25) is 0 Å². The van der Waals surface area contributed by atoms with E-state index in [0.717, 1.165) is 26.3 Å². The number of hydrogen-bond donors (Lipinski definition) is 2. The van der Waals surface area contributed by atoms with Gasteiger partial charge in [-0.3, -0.25) is 0 Å². The minimum absolute atomic E-state index is 0.552. The van der Waals surface area contributed by atoms with Crippen molar-refractivity contribution in [2.45, 2.75) is 32.9 Å². The van der Waals surface area contributed by atoms with Crippen molar-refractivity contribution in [3.8, 4) is 0 Å². The first kappa shape index (κ1) is 11.0. The maximum Gasteiger partial charge on any atom is 0.0623 e. The Balaban J connectivity index is 2.22. The van der Waals surface area contributed by atoms with E-state index in [1.807, 2.05) is 0 Å². The predicted molar refractivity (Wildman–Crippen MR) is 54.9 cm³/mol. The average molecular weight is 186 g/mol. The minimum atomic E-state index is 0.552. The third kappa shape index (κ3) is 3.63. The van der Waals surface area contributed by atoms with E-state index in [9.17, 15) is 0 Å². The number of hydrogen-bond acceptors (Lipinski definition) is 3. The van der Waals surface area contributed by atoms with Crippen LogP contribution in [0.3, 0.4) is 0 Å². The molecule has 1 aliphatic rings. The molecule has 1 rings (SSSR count). The zero-order chi connectivity index (χ0) is 9.68. The van der Waals surface area contributed by atoms with Crippen molar-refractivity contribution in [1.29, 1.82) is 0 Å². The van der Waals surface area contributed by atoms with E-state index < -0.39 is 0 Å². The normalized spacial score (nSPS) is 28.6. The van der Waals surface area contributed by atoms with Crippen LogP contribution in [-0.4, -0.2) is 38.4 Å². The Morgan fingerprint density at radius 1 is 1.38 bits per heavy atom. The molecule has 0 bridgehead atoms. The first-order chi connectivity index (χ1) is 6.24. The first-order valence-corrected chi connectivity index (χ1v) is 5.28. The van der Waals surface area contributed by atoms with Gasteiger partial charge in [-0.05, 0) is 6.54 Å². The second-order valence-electron chi connectivity index (χ2n) is 4.02. The van der Waals surface area contributed by atoms with Crippen molar-refractivity contribution in [3.05, 3.63) is 0 Å².